The Hall–Kier alpha value is 0.270. The highest BCUT2D eigenvalue weighted by atomic mass is 32.1. The number of hydrogen-bond acceptors (Lipinski definition) is 3. The summed E-state index contributed by atoms with van der Waals surface area (Å²) < 4.78 is 5.45. The van der Waals surface area contributed by atoms with Crippen LogP contribution in [0.2, 0.25) is 0 Å². The molecule has 3 heteroatoms. The predicted molar refractivity (Wildman–Crippen MR) is 82.6 cm³/mol. The number of piperidine rings is 1. The first-order valence-corrected chi connectivity index (χ1v) is 8.19. The standard InChI is InChI=1S/C15H31NOS/c1-4-8-15(13-18,9-5-2)12-16-10-6-14(17-3)7-11-16/h14,18H,4-13H2,1-3H3. The van der Waals surface area contributed by atoms with E-state index in [-0.39, 0.29) is 0 Å². The second-order valence-corrected chi connectivity index (χ2v) is 6.19. The number of thiol groups is 1. The molecule has 0 aliphatic carbocycles. The number of rotatable bonds is 8. The lowest BCUT2D eigenvalue weighted by Gasteiger charge is -2.40. The van der Waals surface area contributed by atoms with Gasteiger partial charge in [-0.05, 0) is 36.9 Å². The van der Waals surface area contributed by atoms with Gasteiger partial charge < -0.3 is 9.64 Å². The molecule has 1 saturated heterocycles. The maximum atomic E-state index is 5.45. The van der Waals surface area contributed by atoms with Crippen molar-refractivity contribution in [3.63, 3.8) is 0 Å². The fourth-order valence-corrected chi connectivity index (χ4v) is 3.75. The first kappa shape index (κ1) is 16.3. The Balaban J connectivity index is 2.50. The lowest BCUT2D eigenvalue weighted by atomic mass is 9.80. The molecular formula is C15H31NOS. The minimum Gasteiger partial charge on any atom is -0.381 e. The molecule has 0 amide bonds. The summed E-state index contributed by atoms with van der Waals surface area (Å²) in [5.41, 5.74) is 0.437. The lowest BCUT2D eigenvalue weighted by Crippen LogP contribution is -2.44. The van der Waals surface area contributed by atoms with Crippen LogP contribution in [0.3, 0.4) is 0 Å². The van der Waals surface area contributed by atoms with Crippen LogP contribution in [0, 0.1) is 5.41 Å². The molecule has 0 aromatic rings. The molecule has 1 aliphatic rings. The third kappa shape index (κ3) is 4.75. The van der Waals surface area contributed by atoms with Gasteiger partial charge in [-0.1, -0.05) is 26.7 Å². The molecule has 1 rings (SSSR count). The van der Waals surface area contributed by atoms with Gasteiger partial charge in [-0.3, -0.25) is 0 Å². The Labute approximate surface area is 119 Å². The van der Waals surface area contributed by atoms with Gasteiger partial charge in [0.1, 0.15) is 0 Å². The largest absolute Gasteiger partial charge is 0.381 e. The Kier molecular flexibility index (Phi) is 7.66. The van der Waals surface area contributed by atoms with Crippen LogP contribution in [0.15, 0.2) is 0 Å². The quantitative estimate of drug-likeness (QED) is 0.678. The average molecular weight is 273 g/mol. The van der Waals surface area contributed by atoms with Crippen LogP contribution in [0.5, 0.6) is 0 Å². The van der Waals surface area contributed by atoms with Crippen molar-refractivity contribution in [2.45, 2.75) is 58.5 Å². The summed E-state index contributed by atoms with van der Waals surface area (Å²) in [5, 5.41) is 0. The third-order valence-electron chi connectivity index (χ3n) is 4.32. The van der Waals surface area contributed by atoms with Gasteiger partial charge in [0.15, 0.2) is 0 Å². The van der Waals surface area contributed by atoms with Gasteiger partial charge in [-0.15, -0.1) is 0 Å². The number of nitrogens with zero attached hydrogens (tertiary/aromatic N) is 1. The summed E-state index contributed by atoms with van der Waals surface area (Å²) in [4.78, 5) is 2.64. The van der Waals surface area contributed by atoms with E-state index in [0.717, 1.165) is 5.75 Å². The van der Waals surface area contributed by atoms with Gasteiger partial charge >= 0.3 is 0 Å². The van der Waals surface area contributed by atoms with Gasteiger partial charge in [0, 0.05) is 26.7 Å². The molecule has 0 N–H and O–H groups in total. The molecule has 1 fully saturated rings. The fraction of sp³-hybridized carbons (Fsp3) is 1.00. The van der Waals surface area contributed by atoms with Crippen LogP contribution >= 0.6 is 12.6 Å². The number of likely N-dealkylation sites (tertiary alicyclic amines) is 1. The van der Waals surface area contributed by atoms with Gasteiger partial charge in [0.05, 0.1) is 6.10 Å². The van der Waals surface area contributed by atoms with E-state index in [1.807, 2.05) is 7.11 Å². The van der Waals surface area contributed by atoms with E-state index < -0.39 is 0 Å². The lowest BCUT2D eigenvalue weighted by molar-refractivity contribution is 0.0262. The Morgan fingerprint density at radius 3 is 2.11 bits per heavy atom. The minimum atomic E-state index is 0.437. The van der Waals surface area contributed by atoms with Crippen LogP contribution in [-0.4, -0.2) is 43.5 Å². The summed E-state index contributed by atoms with van der Waals surface area (Å²) in [6, 6.07) is 0. The minimum absolute atomic E-state index is 0.437. The smallest absolute Gasteiger partial charge is 0.0595 e. The monoisotopic (exact) mass is 273 g/mol. The topological polar surface area (TPSA) is 12.5 Å². The summed E-state index contributed by atoms with van der Waals surface area (Å²) in [7, 11) is 1.84. The van der Waals surface area contributed by atoms with E-state index in [1.165, 1.54) is 58.2 Å². The van der Waals surface area contributed by atoms with Crippen molar-refractivity contribution in [1.82, 2.24) is 4.90 Å². The molecule has 0 aromatic carbocycles. The highest BCUT2D eigenvalue weighted by Gasteiger charge is 2.31. The molecular weight excluding hydrogens is 242 g/mol. The molecule has 0 unspecified atom stereocenters. The zero-order chi connectivity index (χ0) is 13.4. The molecule has 108 valence electrons. The molecule has 0 atom stereocenters. The normalized spacial score (nSPS) is 19.3. The molecule has 0 aromatic heterocycles. The van der Waals surface area contributed by atoms with Crippen molar-refractivity contribution in [3.05, 3.63) is 0 Å². The Bertz CT molecular complexity index is 209. The van der Waals surface area contributed by atoms with E-state index in [1.54, 1.807) is 0 Å². The Morgan fingerprint density at radius 1 is 1.17 bits per heavy atom. The summed E-state index contributed by atoms with van der Waals surface area (Å²) in [6.45, 7) is 8.22. The number of hydrogen-bond donors (Lipinski definition) is 1. The maximum absolute atomic E-state index is 5.45. The van der Waals surface area contributed by atoms with Crippen molar-refractivity contribution in [1.29, 1.82) is 0 Å². The van der Waals surface area contributed by atoms with E-state index in [2.05, 4.69) is 31.4 Å². The first-order chi connectivity index (χ1) is 8.69. The van der Waals surface area contributed by atoms with Gasteiger partial charge in [-0.2, -0.15) is 12.6 Å². The van der Waals surface area contributed by atoms with E-state index in [4.69, 9.17) is 4.74 Å². The predicted octanol–water partition coefficient (Wildman–Crippen LogP) is 3.61. The molecule has 0 spiro atoms. The van der Waals surface area contributed by atoms with E-state index in [0.29, 0.717) is 11.5 Å². The fourth-order valence-electron chi connectivity index (χ4n) is 3.33. The van der Waals surface area contributed by atoms with Crippen molar-refractivity contribution in [2.24, 2.45) is 5.41 Å². The molecule has 0 radical (unpaired) electrons. The van der Waals surface area contributed by atoms with Crippen LogP contribution in [0.25, 0.3) is 0 Å². The van der Waals surface area contributed by atoms with Crippen molar-refractivity contribution >= 4 is 12.6 Å². The summed E-state index contributed by atoms with van der Waals surface area (Å²) >= 11 is 4.65. The first-order valence-electron chi connectivity index (χ1n) is 7.55. The molecule has 18 heavy (non-hydrogen) atoms. The maximum Gasteiger partial charge on any atom is 0.0595 e. The zero-order valence-corrected chi connectivity index (χ0v) is 13.3. The van der Waals surface area contributed by atoms with Crippen molar-refractivity contribution < 1.29 is 4.74 Å². The molecule has 0 saturated carbocycles. The second-order valence-electron chi connectivity index (χ2n) is 5.87. The average Bonchev–Trinajstić information content (AvgIpc) is 2.40. The Morgan fingerprint density at radius 2 is 1.72 bits per heavy atom. The van der Waals surface area contributed by atoms with Crippen LogP contribution < -0.4 is 0 Å². The molecule has 1 heterocycles. The molecule has 1 aliphatic heterocycles. The summed E-state index contributed by atoms with van der Waals surface area (Å²) in [6.07, 6.45) is 8.05. The van der Waals surface area contributed by atoms with Crippen LogP contribution in [0.1, 0.15) is 52.4 Å². The highest BCUT2D eigenvalue weighted by Crippen LogP contribution is 2.33. The van der Waals surface area contributed by atoms with Gasteiger partial charge in [0.2, 0.25) is 0 Å². The summed E-state index contributed by atoms with van der Waals surface area (Å²) in [5.74, 6) is 1.03. The molecule has 2 nitrogen and oxygen atoms in total. The third-order valence-corrected chi connectivity index (χ3v) is 4.99. The van der Waals surface area contributed by atoms with E-state index >= 15 is 0 Å². The number of ether oxygens (including phenoxy) is 1. The van der Waals surface area contributed by atoms with Crippen LogP contribution in [0.4, 0.5) is 0 Å². The van der Waals surface area contributed by atoms with Crippen LogP contribution in [-0.2, 0) is 4.74 Å². The SMILES string of the molecule is CCCC(CS)(CCC)CN1CCC(OC)CC1. The van der Waals surface area contributed by atoms with Crippen molar-refractivity contribution in [3.8, 4) is 0 Å². The van der Waals surface area contributed by atoms with E-state index in [9.17, 15) is 0 Å². The van der Waals surface area contributed by atoms with Crippen molar-refractivity contribution in [2.75, 3.05) is 32.5 Å². The number of methoxy groups -OCH3 is 1. The second kappa shape index (κ2) is 8.44. The zero-order valence-electron chi connectivity index (χ0n) is 12.5. The van der Waals surface area contributed by atoms with Gasteiger partial charge in [0.25, 0.3) is 0 Å². The van der Waals surface area contributed by atoms with Gasteiger partial charge in [-0.25, -0.2) is 0 Å². The highest BCUT2D eigenvalue weighted by molar-refractivity contribution is 7.80. The molecule has 0 bridgehead atoms.